The van der Waals surface area contributed by atoms with E-state index < -0.39 is 30.3 Å². The molecule has 0 aromatic heterocycles. The van der Waals surface area contributed by atoms with Gasteiger partial charge in [-0.1, -0.05) is 13.2 Å². The number of hydrogen-bond donors (Lipinski definition) is 1. The van der Waals surface area contributed by atoms with E-state index in [0.29, 0.717) is 6.61 Å². The summed E-state index contributed by atoms with van der Waals surface area (Å²) in [6, 6.07) is 0. The van der Waals surface area contributed by atoms with Crippen LogP contribution in [0.3, 0.4) is 0 Å². The maximum atomic E-state index is 11.5. The minimum absolute atomic E-state index is 0.0645. The van der Waals surface area contributed by atoms with Crippen LogP contribution in [0.2, 0.25) is 0 Å². The molecule has 0 aliphatic heterocycles. The van der Waals surface area contributed by atoms with Crippen molar-refractivity contribution in [1.82, 2.24) is 0 Å². The standard InChI is InChI=1S/C21H36O9/c1-7-20(23)29-18(6)11-26-14-19(30-21(24)8-2)13-25-10-16(4)28-12-17(5)27-9-15(3)22/h7-8,15-19,22H,1-2,9-14H2,3-6H3. The zero-order chi connectivity index (χ0) is 22.9. The van der Waals surface area contributed by atoms with Crippen LogP contribution in [0.4, 0.5) is 0 Å². The number of hydrogen-bond acceptors (Lipinski definition) is 9. The van der Waals surface area contributed by atoms with Gasteiger partial charge < -0.3 is 33.5 Å². The van der Waals surface area contributed by atoms with Crippen LogP contribution in [0.5, 0.6) is 0 Å². The van der Waals surface area contributed by atoms with Gasteiger partial charge in [0.2, 0.25) is 0 Å². The fraction of sp³-hybridized carbons (Fsp3) is 0.714. The molecule has 0 aromatic rings. The van der Waals surface area contributed by atoms with Gasteiger partial charge in [0.15, 0.2) is 0 Å². The van der Waals surface area contributed by atoms with Gasteiger partial charge in [0.05, 0.1) is 58.0 Å². The molecule has 0 heterocycles. The number of ether oxygens (including phenoxy) is 6. The van der Waals surface area contributed by atoms with Crippen molar-refractivity contribution in [3.8, 4) is 0 Å². The zero-order valence-corrected chi connectivity index (χ0v) is 18.4. The van der Waals surface area contributed by atoms with Gasteiger partial charge in [-0.3, -0.25) is 0 Å². The molecule has 0 amide bonds. The molecule has 0 aliphatic carbocycles. The summed E-state index contributed by atoms with van der Waals surface area (Å²) >= 11 is 0. The molecule has 0 bridgehead atoms. The number of aliphatic hydroxyl groups excluding tert-OH is 1. The molecule has 0 rings (SSSR count). The SMILES string of the molecule is C=CC(=O)OC(C)COCC(COCC(C)OCC(C)OCC(C)O)OC(=O)C=C. The Hall–Kier alpha value is -1.78. The van der Waals surface area contributed by atoms with Gasteiger partial charge in [-0.15, -0.1) is 0 Å². The van der Waals surface area contributed by atoms with Crippen molar-refractivity contribution in [2.75, 3.05) is 39.6 Å². The second kappa shape index (κ2) is 17.0. The summed E-state index contributed by atoms with van der Waals surface area (Å²) in [5, 5.41) is 9.20. The molecule has 0 saturated carbocycles. The molecule has 0 saturated heterocycles. The number of carbonyl (C=O) groups excluding carboxylic acids is 2. The lowest BCUT2D eigenvalue weighted by molar-refractivity contribution is -0.154. The number of carbonyl (C=O) groups is 2. The first kappa shape index (κ1) is 28.2. The molecule has 9 nitrogen and oxygen atoms in total. The van der Waals surface area contributed by atoms with Crippen LogP contribution in [-0.4, -0.2) is 87.2 Å². The van der Waals surface area contributed by atoms with Gasteiger partial charge in [-0.25, -0.2) is 9.59 Å². The first-order valence-electron chi connectivity index (χ1n) is 9.90. The largest absolute Gasteiger partial charge is 0.457 e. The van der Waals surface area contributed by atoms with E-state index in [1.807, 2.05) is 13.8 Å². The van der Waals surface area contributed by atoms with Crippen LogP contribution in [-0.2, 0) is 38.0 Å². The first-order chi connectivity index (χ1) is 14.2. The Morgan fingerprint density at radius 2 is 1.20 bits per heavy atom. The molecule has 174 valence electrons. The first-order valence-corrected chi connectivity index (χ1v) is 9.90. The Morgan fingerprint density at radius 3 is 1.73 bits per heavy atom. The van der Waals surface area contributed by atoms with Gasteiger partial charge in [-0.2, -0.15) is 0 Å². The quantitative estimate of drug-likeness (QED) is 0.254. The van der Waals surface area contributed by atoms with Crippen LogP contribution >= 0.6 is 0 Å². The topological polar surface area (TPSA) is 110 Å². The monoisotopic (exact) mass is 432 g/mol. The minimum Gasteiger partial charge on any atom is -0.457 e. The summed E-state index contributed by atoms with van der Waals surface area (Å²) in [5.41, 5.74) is 0. The molecular weight excluding hydrogens is 396 g/mol. The molecule has 0 aliphatic rings. The van der Waals surface area contributed by atoms with Gasteiger partial charge >= 0.3 is 11.9 Å². The Morgan fingerprint density at radius 1 is 0.733 bits per heavy atom. The Labute approximate surface area is 178 Å². The predicted octanol–water partition coefficient (Wildman–Crippen LogP) is 1.43. The highest BCUT2D eigenvalue weighted by atomic mass is 16.6. The van der Waals surface area contributed by atoms with Crippen molar-refractivity contribution in [2.45, 2.75) is 58.2 Å². The molecule has 30 heavy (non-hydrogen) atoms. The number of aliphatic hydroxyl groups is 1. The van der Waals surface area contributed by atoms with Crippen molar-refractivity contribution in [2.24, 2.45) is 0 Å². The lowest BCUT2D eigenvalue weighted by Gasteiger charge is -2.21. The molecule has 0 radical (unpaired) electrons. The lowest BCUT2D eigenvalue weighted by atomic mass is 10.3. The molecule has 9 heteroatoms. The maximum absolute atomic E-state index is 11.5. The van der Waals surface area contributed by atoms with E-state index in [1.54, 1.807) is 13.8 Å². The number of esters is 2. The molecule has 5 atom stereocenters. The van der Waals surface area contributed by atoms with E-state index >= 15 is 0 Å². The highest BCUT2D eigenvalue weighted by molar-refractivity contribution is 5.81. The molecule has 1 N–H and O–H groups in total. The number of rotatable bonds is 18. The van der Waals surface area contributed by atoms with E-state index in [1.165, 1.54) is 0 Å². The van der Waals surface area contributed by atoms with Gasteiger partial charge in [-0.05, 0) is 27.7 Å². The smallest absolute Gasteiger partial charge is 0.330 e. The fourth-order valence-electron chi connectivity index (χ4n) is 2.04. The van der Waals surface area contributed by atoms with Crippen LogP contribution < -0.4 is 0 Å². The highest BCUT2D eigenvalue weighted by Crippen LogP contribution is 2.03. The lowest BCUT2D eigenvalue weighted by Crippen LogP contribution is -2.32. The van der Waals surface area contributed by atoms with E-state index in [-0.39, 0.29) is 45.2 Å². The molecule has 5 unspecified atom stereocenters. The van der Waals surface area contributed by atoms with Crippen LogP contribution in [0, 0.1) is 0 Å². The normalized spacial score (nSPS) is 16.0. The average molecular weight is 433 g/mol. The van der Waals surface area contributed by atoms with Gasteiger partial charge in [0.25, 0.3) is 0 Å². The molecule has 0 aromatic carbocycles. The van der Waals surface area contributed by atoms with Gasteiger partial charge in [0.1, 0.15) is 12.2 Å². The summed E-state index contributed by atoms with van der Waals surface area (Å²) < 4.78 is 32.3. The van der Waals surface area contributed by atoms with Crippen molar-refractivity contribution in [3.05, 3.63) is 25.3 Å². The summed E-state index contributed by atoms with van der Waals surface area (Å²) in [7, 11) is 0. The van der Waals surface area contributed by atoms with E-state index in [4.69, 9.17) is 28.4 Å². The second-order valence-electron chi connectivity index (χ2n) is 6.93. The summed E-state index contributed by atoms with van der Waals surface area (Å²) in [5.74, 6) is -1.13. The van der Waals surface area contributed by atoms with Crippen LogP contribution in [0.25, 0.3) is 0 Å². The van der Waals surface area contributed by atoms with Crippen molar-refractivity contribution in [3.63, 3.8) is 0 Å². The molecule has 0 fully saturated rings. The van der Waals surface area contributed by atoms with Crippen molar-refractivity contribution < 1.29 is 43.1 Å². The minimum atomic E-state index is -0.654. The molecular formula is C21H36O9. The second-order valence-corrected chi connectivity index (χ2v) is 6.93. The zero-order valence-electron chi connectivity index (χ0n) is 18.4. The third-order valence-corrected chi connectivity index (χ3v) is 3.48. The predicted molar refractivity (Wildman–Crippen MR) is 110 cm³/mol. The fourth-order valence-corrected chi connectivity index (χ4v) is 2.04. The maximum Gasteiger partial charge on any atom is 0.330 e. The third kappa shape index (κ3) is 16.1. The van der Waals surface area contributed by atoms with Crippen LogP contribution in [0.1, 0.15) is 27.7 Å². The van der Waals surface area contributed by atoms with E-state index in [0.717, 1.165) is 12.2 Å². The average Bonchev–Trinajstić information content (AvgIpc) is 2.70. The third-order valence-electron chi connectivity index (χ3n) is 3.48. The summed E-state index contributed by atoms with van der Waals surface area (Å²) in [4.78, 5) is 22.6. The van der Waals surface area contributed by atoms with E-state index in [2.05, 4.69) is 13.2 Å². The van der Waals surface area contributed by atoms with Crippen LogP contribution in [0.15, 0.2) is 25.3 Å². The van der Waals surface area contributed by atoms with Crippen molar-refractivity contribution >= 4 is 11.9 Å². The highest BCUT2D eigenvalue weighted by Gasteiger charge is 2.16. The Balaban J connectivity index is 4.23. The Bertz CT molecular complexity index is 507. The summed E-state index contributed by atoms with van der Waals surface area (Å²) in [6.45, 7) is 14.9. The Kier molecular flexibility index (Phi) is 16.0. The van der Waals surface area contributed by atoms with Gasteiger partial charge in [0, 0.05) is 12.2 Å². The summed E-state index contributed by atoms with van der Waals surface area (Å²) in [6.07, 6.45) is 0.107. The molecule has 0 spiro atoms. The van der Waals surface area contributed by atoms with E-state index in [9.17, 15) is 14.7 Å². The van der Waals surface area contributed by atoms with Crippen molar-refractivity contribution in [1.29, 1.82) is 0 Å².